The molecule has 0 saturated carbocycles. The van der Waals surface area contributed by atoms with Crippen LogP contribution in [0.15, 0.2) is 18.2 Å². The van der Waals surface area contributed by atoms with Crippen molar-refractivity contribution in [1.82, 2.24) is 5.32 Å². The van der Waals surface area contributed by atoms with Crippen LogP contribution in [0.25, 0.3) is 0 Å². The summed E-state index contributed by atoms with van der Waals surface area (Å²) in [5, 5.41) is 11.9. The fourth-order valence-corrected chi connectivity index (χ4v) is 1.31. The lowest BCUT2D eigenvalue weighted by Gasteiger charge is -2.08. The molecule has 3 nitrogen and oxygen atoms in total. The Kier molecular flexibility index (Phi) is 4.20. The zero-order valence-electron chi connectivity index (χ0n) is 8.13. The van der Waals surface area contributed by atoms with Gasteiger partial charge in [0.25, 0.3) is 0 Å². The van der Waals surface area contributed by atoms with Gasteiger partial charge in [0.2, 0.25) is 0 Å². The van der Waals surface area contributed by atoms with Crippen LogP contribution in [0.2, 0.25) is 5.02 Å². The van der Waals surface area contributed by atoms with E-state index in [2.05, 4.69) is 5.32 Å². The second kappa shape index (κ2) is 5.21. The summed E-state index contributed by atoms with van der Waals surface area (Å²) < 4.78 is 12.8. The maximum atomic E-state index is 12.8. The first-order valence-corrected chi connectivity index (χ1v) is 4.76. The number of aliphatic hydroxyl groups is 1. The summed E-state index contributed by atoms with van der Waals surface area (Å²) in [5.41, 5.74) is 0.198. The Hall–Kier alpha value is -0.970. The zero-order valence-corrected chi connectivity index (χ0v) is 8.88. The van der Waals surface area contributed by atoms with Gasteiger partial charge in [-0.05, 0) is 25.2 Å². The standard InChI is InChI=1S/C10H11ClFNO2/c1-13-5-9(14)10(15)6-2-3-8(12)7(11)4-6/h2-4,9,13-14H,5H2,1H3. The Morgan fingerprint density at radius 2 is 2.33 bits per heavy atom. The third-order valence-corrected chi connectivity index (χ3v) is 2.19. The summed E-state index contributed by atoms with van der Waals surface area (Å²) in [6.07, 6.45) is -1.14. The van der Waals surface area contributed by atoms with E-state index in [1.807, 2.05) is 0 Å². The van der Waals surface area contributed by atoms with Crippen LogP contribution < -0.4 is 5.32 Å². The smallest absolute Gasteiger partial charge is 0.192 e. The van der Waals surface area contributed by atoms with E-state index in [4.69, 9.17) is 11.6 Å². The van der Waals surface area contributed by atoms with Crippen LogP contribution in [0.1, 0.15) is 10.4 Å². The van der Waals surface area contributed by atoms with Gasteiger partial charge in [0.05, 0.1) is 5.02 Å². The predicted octanol–water partition coefficient (Wildman–Crippen LogP) is 1.24. The highest BCUT2D eigenvalue weighted by Gasteiger charge is 2.17. The molecule has 0 radical (unpaired) electrons. The van der Waals surface area contributed by atoms with Crippen LogP contribution in [0.5, 0.6) is 0 Å². The summed E-state index contributed by atoms with van der Waals surface area (Å²) >= 11 is 5.52. The second-order valence-corrected chi connectivity index (χ2v) is 3.47. The van der Waals surface area contributed by atoms with E-state index in [0.29, 0.717) is 0 Å². The molecule has 0 bridgehead atoms. The maximum Gasteiger partial charge on any atom is 0.192 e. The number of aliphatic hydroxyl groups excluding tert-OH is 1. The van der Waals surface area contributed by atoms with Crippen molar-refractivity contribution < 1.29 is 14.3 Å². The highest BCUT2D eigenvalue weighted by molar-refractivity contribution is 6.31. The Morgan fingerprint density at radius 3 is 2.87 bits per heavy atom. The van der Waals surface area contributed by atoms with E-state index in [-0.39, 0.29) is 17.1 Å². The molecule has 1 aromatic carbocycles. The number of halogens is 2. The van der Waals surface area contributed by atoms with Gasteiger partial charge in [0, 0.05) is 12.1 Å². The van der Waals surface area contributed by atoms with Crippen molar-refractivity contribution in [3.8, 4) is 0 Å². The fourth-order valence-electron chi connectivity index (χ4n) is 1.13. The number of nitrogens with one attached hydrogen (secondary N) is 1. The molecule has 0 aliphatic rings. The number of benzene rings is 1. The molecule has 2 N–H and O–H groups in total. The van der Waals surface area contributed by atoms with Crippen molar-refractivity contribution >= 4 is 17.4 Å². The van der Waals surface area contributed by atoms with Crippen molar-refractivity contribution in [3.63, 3.8) is 0 Å². The van der Waals surface area contributed by atoms with Crippen LogP contribution in [0.4, 0.5) is 4.39 Å². The Morgan fingerprint density at radius 1 is 1.67 bits per heavy atom. The molecule has 1 aromatic rings. The second-order valence-electron chi connectivity index (χ2n) is 3.07. The quantitative estimate of drug-likeness (QED) is 0.767. The molecule has 0 spiro atoms. The minimum Gasteiger partial charge on any atom is -0.384 e. The normalized spacial score (nSPS) is 12.5. The van der Waals surface area contributed by atoms with Crippen LogP contribution >= 0.6 is 11.6 Å². The van der Waals surface area contributed by atoms with Gasteiger partial charge in [0.1, 0.15) is 11.9 Å². The van der Waals surface area contributed by atoms with Crippen LogP contribution in [-0.2, 0) is 0 Å². The molecule has 0 aliphatic carbocycles. The minimum absolute atomic E-state index is 0.127. The third-order valence-electron chi connectivity index (χ3n) is 1.90. The van der Waals surface area contributed by atoms with Crippen molar-refractivity contribution in [1.29, 1.82) is 0 Å². The van der Waals surface area contributed by atoms with E-state index in [9.17, 15) is 14.3 Å². The number of Topliss-reactive ketones (excluding diaryl/α,β-unsaturated/α-hetero) is 1. The Labute approximate surface area is 91.9 Å². The fraction of sp³-hybridized carbons (Fsp3) is 0.300. The summed E-state index contributed by atoms with van der Waals surface area (Å²) in [6, 6.07) is 3.60. The largest absolute Gasteiger partial charge is 0.384 e. The SMILES string of the molecule is CNCC(O)C(=O)c1ccc(F)c(Cl)c1. The van der Waals surface area contributed by atoms with Gasteiger partial charge < -0.3 is 10.4 Å². The molecule has 0 aliphatic heterocycles. The molecule has 0 saturated heterocycles. The zero-order chi connectivity index (χ0) is 11.4. The van der Waals surface area contributed by atoms with E-state index < -0.39 is 17.7 Å². The Bertz CT molecular complexity index is 370. The summed E-state index contributed by atoms with van der Waals surface area (Å²) in [4.78, 5) is 11.5. The van der Waals surface area contributed by atoms with Crippen molar-refractivity contribution in [2.75, 3.05) is 13.6 Å². The summed E-state index contributed by atoms with van der Waals surface area (Å²) in [7, 11) is 1.62. The number of carbonyl (C=O) groups excluding carboxylic acids is 1. The van der Waals surface area contributed by atoms with Crippen LogP contribution in [0.3, 0.4) is 0 Å². The van der Waals surface area contributed by atoms with Crippen molar-refractivity contribution in [3.05, 3.63) is 34.6 Å². The topological polar surface area (TPSA) is 49.3 Å². The van der Waals surface area contributed by atoms with Crippen molar-refractivity contribution in [2.45, 2.75) is 6.10 Å². The van der Waals surface area contributed by atoms with Gasteiger partial charge in [-0.3, -0.25) is 4.79 Å². The van der Waals surface area contributed by atoms with E-state index >= 15 is 0 Å². The Balaban J connectivity index is 2.87. The molecule has 0 aromatic heterocycles. The molecule has 1 rings (SSSR count). The van der Waals surface area contributed by atoms with Crippen molar-refractivity contribution in [2.24, 2.45) is 0 Å². The lowest BCUT2D eigenvalue weighted by atomic mass is 10.1. The van der Waals surface area contributed by atoms with E-state index in [1.165, 1.54) is 12.1 Å². The molecule has 5 heteroatoms. The minimum atomic E-state index is -1.14. The van der Waals surface area contributed by atoms with Gasteiger partial charge in [-0.1, -0.05) is 11.6 Å². The van der Waals surface area contributed by atoms with Crippen LogP contribution in [-0.4, -0.2) is 30.6 Å². The number of likely N-dealkylation sites (N-methyl/N-ethyl adjacent to an activating group) is 1. The molecule has 15 heavy (non-hydrogen) atoms. The average Bonchev–Trinajstić information content (AvgIpc) is 2.21. The molecule has 82 valence electrons. The molecule has 0 amide bonds. The molecular weight excluding hydrogens is 221 g/mol. The highest BCUT2D eigenvalue weighted by Crippen LogP contribution is 2.17. The first kappa shape index (κ1) is 12.1. The lowest BCUT2D eigenvalue weighted by molar-refractivity contribution is 0.0750. The first-order chi connectivity index (χ1) is 7.06. The van der Waals surface area contributed by atoms with Crippen LogP contribution in [0, 0.1) is 5.82 Å². The molecule has 1 atom stereocenters. The number of rotatable bonds is 4. The van der Waals surface area contributed by atoms with Gasteiger partial charge >= 0.3 is 0 Å². The predicted molar refractivity (Wildman–Crippen MR) is 55.7 cm³/mol. The highest BCUT2D eigenvalue weighted by atomic mass is 35.5. The monoisotopic (exact) mass is 231 g/mol. The van der Waals surface area contributed by atoms with Gasteiger partial charge in [0.15, 0.2) is 5.78 Å². The maximum absolute atomic E-state index is 12.8. The number of ketones is 1. The lowest BCUT2D eigenvalue weighted by Crippen LogP contribution is -2.31. The third kappa shape index (κ3) is 2.99. The number of hydrogen-bond acceptors (Lipinski definition) is 3. The van der Waals surface area contributed by atoms with Gasteiger partial charge in [-0.2, -0.15) is 0 Å². The first-order valence-electron chi connectivity index (χ1n) is 4.38. The number of hydrogen-bond donors (Lipinski definition) is 2. The summed E-state index contributed by atoms with van der Waals surface area (Å²) in [5.74, 6) is -1.07. The molecule has 1 unspecified atom stereocenters. The molecule has 0 fully saturated rings. The van der Waals surface area contributed by atoms with E-state index in [1.54, 1.807) is 7.05 Å². The molecule has 0 heterocycles. The molecular formula is C10H11ClFNO2. The van der Waals surface area contributed by atoms with Gasteiger partial charge in [-0.15, -0.1) is 0 Å². The average molecular weight is 232 g/mol. The van der Waals surface area contributed by atoms with Gasteiger partial charge in [-0.25, -0.2) is 4.39 Å². The van der Waals surface area contributed by atoms with E-state index in [0.717, 1.165) is 6.07 Å². The number of carbonyl (C=O) groups is 1. The summed E-state index contributed by atoms with van der Waals surface area (Å²) in [6.45, 7) is 0.147.